The summed E-state index contributed by atoms with van der Waals surface area (Å²) in [7, 11) is 0. The average molecular weight is 415 g/mol. The van der Waals surface area contributed by atoms with Crippen LogP contribution in [0.4, 0.5) is 0 Å². The van der Waals surface area contributed by atoms with Crippen molar-refractivity contribution in [2.75, 3.05) is 6.61 Å². The number of hydrazine groups is 1. The minimum atomic E-state index is -0.698. The van der Waals surface area contributed by atoms with Crippen molar-refractivity contribution in [2.45, 2.75) is 0 Å². The Morgan fingerprint density at radius 3 is 2.45 bits per heavy atom. The number of nitrogens with zero attached hydrogens (tertiary/aromatic N) is 1. The molecule has 0 atom stereocenters. The number of carbonyl (C=O) groups excluding carboxylic acids is 3. The molecule has 4 rings (SSSR count). The van der Waals surface area contributed by atoms with Gasteiger partial charge < -0.3 is 9.15 Å². The number of fused-ring (bicyclic) bond motifs is 1. The Labute approximate surface area is 176 Å². The molecule has 0 aliphatic rings. The van der Waals surface area contributed by atoms with E-state index in [1.807, 2.05) is 0 Å². The average Bonchev–Trinajstić information content (AvgIpc) is 3.36. The maximum Gasteiger partial charge on any atom is 0.339 e. The van der Waals surface area contributed by atoms with Crippen LogP contribution in [0.2, 0.25) is 0 Å². The van der Waals surface area contributed by atoms with Crippen LogP contribution in [0.5, 0.6) is 0 Å². The topological polar surface area (TPSA) is 111 Å². The molecule has 0 saturated carbocycles. The molecule has 0 radical (unpaired) electrons. The predicted octanol–water partition coefficient (Wildman–Crippen LogP) is 3.11. The predicted molar refractivity (Wildman–Crippen MR) is 112 cm³/mol. The highest BCUT2D eigenvalue weighted by molar-refractivity contribution is 6.05. The number of nitrogens with one attached hydrogen (secondary N) is 2. The number of rotatable bonds is 5. The summed E-state index contributed by atoms with van der Waals surface area (Å²) in [5.41, 5.74) is 6.17. The molecule has 8 heteroatoms. The van der Waals surface area contributed by atoms with Crippen LogP contribution in [0, 0.1) is 0 Å². The van der Waals surface area contributed by atoms with E-state index >= 15 is 0 Å². The monoisotopic (exact) mass is 415 g/mol. The summed E-state index contributed by atoms with van der Waals surface area (Å²) in [4.78, 5) is 41.2. The lowest BCUT2D eigenvalue weighted by Crippen LogP contribution is -2.43. The van der Waals surface area contributed by atoms with Crippen LogP contribution in [0.25, 0.3) is 22.4 Å². The summed E-state index contributed by atoms with van der Waals surface area (Å²) in [6.07, 6.45) is 1.51. The van der Waals surface area contributed by atoms with Gasteiger partial charge in [-0.1, -0.05) is 36.4 Å². The zero-order valence-electron chi connectivity index (χ0n) is 16.2. The van der Waals surface area contributed by atoms with Gasteiger partial charge in [-0.05, 0) is 36.4 Å². The standard InChI is InChI=1S/C23H17N3O5/c27-21(25-26-22(28)15-7-2-1-3-8-15)14-31-23(29)17-13-19(20-11-6-12-30-20)24-18-10-5-4-9-16(17)18/h1-13H,14H2,(H,25,27)(H,26,28). The Morgan fingerprint density at radius 1 is 0.903 bits per heavy atom. The van der Waals surface area contributed by atoms with Crippen LogP contribution in [0.1, 0.15) is 20.7 Å². The van der Waals surface area contributed by atoms with Crippen molar-refractivity contribution < 1.29 is 23.5 Å². The summed E-state index contributed by atoms with van der Waals surface area (Å²) in [5.74, 6) is -1.36. The van der Waals surface area contributed by atoms with Gasteiger partial charge in [0.05, 0.1) is 17.3 Å². The van der Waals surface area contributed by atoms with Crippen molar-refractivity contribution in [3.8, 4) is 11.5 Å². The van der Waals surface area contributed by atoms with Gasteiger partial charge in [-0.2, -0.15) is 0 Å². The lowest BCUT2D eigenvalue weighted by atomic mass is 10.1. The van der Waals surface area contributed by atoms with E-state index in [0.717, 1.165) is 0 Å². The van der Waals surface area contributed by atoms with Gasteiger partial charge in [0.25, 0.3) is 11.8 Å². The molecule has 2 aromatic carbocycles. The number of hydrogen-bond donors (Lipinski definition) is 2. The molecule has 154 valence electrons. The third-order valence-corrected chi connectivity index (χ3v) is 4.40. The van der Waals surface area contributed by atoms with Crippen molar-refractivity contribution in [3.63, 3.8) is 0 Å². The normalized spacial score (nSPS) is 10.5. The highest BCUT2D eigenvalue weighted by Gasteiger charge is 2.17. The molecule has 2 aromatic heterocycles. The van der Waals surface area contributed by atoms with Gasteiger partial charge in [0, 0.05) is 10.9 Å². The van der Waals surface area contributed by atoms with E-state index in [9.17, 15) is 14.4 Å². The van der Waals surface area contributed by atoms with Gasteiger partial charge >= 0.3 is 5.97 Å². The summed E-state index contributed by atoms with van der Waals surface area (Å²) < 4.78 is 10.5. The quantitative estimate of drug-likeness (QED) is 0.383. The number of hydrogen-bond acceptors (Lipinski definition) is 6. The lowest BCUT2D eigenvalue weighted by Gasteiger charge is -2.10. The van der Waals surface area contributed by atoms with E-state index in [-0.39, 0.29) is 5.56 Å². The Bertz CT molecular complexity index is 1240. The molecule has 2 N–H and O–H groups in total. The molecule has 0 unspecified atom stereocenters. The first-order chi connectivity index (χ1) is 15.1. The molecule has 31 heavy (non-hydrogen) atoms. The highest BCUT2D eigenvalue weighted by atomic mass is 16.5. The number of aromatic nitrogens is 1. The second-order valence-electron chi connectivity index (χ2n) is 6.49. The Balaban J connectivity index is 1.43. The van der Waals surface area contributed by atoms with Crippen molar-refractivity contribution in [1.82, 2.24) is 15.8 Å². The zero-order valence-corrected chi connectivity index (χ0v) is 16.2. The number of ether oxygens (including phenoxy) is 1. The maximum absolute atomic E-state index is 12.7. The smallest absolute Gasteiger partial charge is 0.339 e. The fourth-order valence-electron chi connectivity index (χ4n) is 2.93. The minimum absolute atomic E-state index is 0.248. The first kappa shape index (κ1) is 19.8. The number of para-hydroxylation sites is 1. The number of furan rings is 1. The van der Waals surface area contributed by atoms with Crippen molar-refractivity contribution in [2.24, 2.45) is 0 Å². The van der Waals surface area contributed by atoms with E-state index in [0.29, 0.717) is 27.9 Å². The van der Waals surface area contributed by atoms with Gasteiger partial charge in [0.2, 0.25) is 0 Å². The maximum atomic E-state index is 12.7. The molecule has 0 saturated heterocycles. The number of carbonyl (C=O) groups is 3. The molecule has 0 bridgehead atoms. The Kier molecular flexibility index (Phi) is 5.70. The molecule has 0 aliphatic carbocycles. The summed E-state index contributed by atoms with van der Waals surface area (Å²) in [6, 6.07) is 20.5. The van der Waals surface area contributed by atoms with E-state index in [2.05, 4.69) is 15.8 Å². The van der Waals surface area contributed by atoms with Gasteiger partial charge in [-0.15, -0.1) is 0 Å². The Morgan fingerprint density at radius 2 is 1.68 bits per heavy atom. The van der Waals surface area contributed by atoms with Crippen LogP contribution in [-0.2, 0) is 9.53 Å². The second-order valence-corrected chi connectivity index (χ2v) is 6.49. The van der Waals surface area contributed by atoms with Crippen molar-refractivity contribution >= 4 is 28.7 Å². The van der Waals surface area contributed by atoms with Crippen LogP contribution < -0.4 is 10.9 Å². The van der Waals surface area contributed by atoms with E-state index in [4.69, 9.17) is 9.15 Å². The molecule has 0 fully saturated rings. The Hall–Kier alpha value is -4.46. The van der Waals surface area contributed by atoms with Gasteiger partial charge in [-0.3, -0.25) is 20.4 Å². The first-order valence-corrected chi connectivity index (χ1v) is 9.37. The van der Waals surface area contributed by atoms with Crippen LogP contribution in [0.15, 0.2) is 83.5 Å². The largest absolute Gasteiger partial charge is 0.463 e. The van der Waals surface area contributed by atoms with E-state index in [1.165, 1.54) is 6.26 Å². The fraction of sp³-hybridized carbons (Fsp3) is 0.0435. The van der Waals surface area contributed by atoms with Crippen molar-refractivity contribution in [3.05, 3.63) is 90.2 Å². The van der Waals surface area contributed by atoms with Gasteiger partial charge in [0.15, 0.2) is 12.4 Å². The van der Waals surface area contributed by atoms with Crippen LogP contribution >= 0.6 is 0 Å². The van der Waals surface area contributed by atoms with E-state index < -0.39 is 24.4 Å². The third-order valence-electron chi connectivity index (χ3n) is 4.40. The first-order valence-electron chi connectivity index (χ1n) is 9.37. The summed E-state index contributed by atoms with van der Waals surface area (Å²) in [5, 5.41) is 0.584. The number of esters is 1. The molecular weight excluding hydrogens is 398 g/mol. The summed E-state index contributed by atoms with van der Waals surface area (Å²) >= 11 is 0. The van der Waals surface area contributed by atoms with Gasteiger partial charge in [-0.25, -0.2) is 9.78 Å². The lowest BCUT2D eigenvalue weighted by molar-refractivity contribution is -0.125. The molecule has 2 heterocycles. The van der Waals surface area contributed by atoms with Crippen molar-refractivity contribution in [1.29, 1.82) is 0 Å². The molecular formula is C23H17N3O5. The molecule has 2 amide bonds. The molecule has 8 nitrogen and oxygen atoms in total. The SMILES string of the molecule is O=C(COC(=O)c1cc(-c2ccco2)nc2ccccc12)NNC(=O)c1ccccc1. The molecule has 0 aliphatic heterocycles. The number of benzene rings is 2. The summed E-state index contributed by atoms with van der Waals surface area (Å²) in [6.45, 7) is -0.569. The fourth-order valence-corrected chi connectivity index (χ4v) is 2.93. The van der Waals surface area contributed by atoms with Gasteiger partial charge in [0.1, 0.15) is 5.69 Å². The van der Waals surface area contributed by atoms with Crippen LogP contribution in [-0.4, -0.2) is 29.4 Å². The second kappa shape index (κ2) is 8.91. The van der Waals surface area contributed by atoms with E-state index in [1.54, 1.807) is 72.8 Å². The highest BCUT2D eigenvalue weighted by Crippen LogP contribution is 2.25. The zero-order chi connectivity index (χ0) is 21.6. The number of amides is 2. The van der Waals surface area contributed by atoms with Crippen LogP contribution in [0.3, 0.4) is 0 Å². The minimum Gasteiger partial charge on any atom is -0.463 e. The number of pyridine rings is 1. The third kappa shape index (κ3) is 4.59. The molecule has 0 spiro atoms. The molecule has 4 aromatic rings.